The van der Waals surface area contributed by atoms with Crippen LogP contribution in [0.15, 0.2) is 53.0 Å². The van der Waals surface area contributed by atoms with Crippen LogP contribution in [0.2, 0.25) is 0 Å². The Balaban J connectivity index is 1.90. The zero-order valence-corrected chi connectivity index (χ0v) is 13.1. The van der Waals surface area contributed by atoms with Crippen LogP contribution in [0.25, 0.3) is 0 Å². The van der Waals surface area contributed by atoms with E-state index in [0.717, 1.165) is 13.0 Å². The van der Waals surface area contributed by atoms with Crippen molar-refractivity contribution in [2.24, 2.45) is 0 Å². The zero-order chi connectivity index (χ0) is 13.7. The molecule has 0 aromatic heterocycles. The molecule has 0 aliphatic carbocycles. The Morgan fingerprint density at radius 2 is 1.74 bits per heavy atom. The standard InChI is InChI=1S/C17H20BrN/c1-13-7-3-4-8-15(13)11-12-19-14(2)16-9-5-6-10-17(16)18/h3-10,14,19H,11-12H2,1-2H3. The van der Waals surface area contributed by atoms with E-state index in [-0.39, 0.29) is 0 Å². The summed E-state index contributed by atoms with van der Waals surface area (Å²) in [4.78, 5) is 0. The van der Waals surface area contributed by atoms with E-state index in [1.165, 1.54) is 21.2 Å². The van der Waals surface area contributed by atoms with E-state index in [1.54, 1.807) is 0 Å². The predicted molar refractivity (Wildman–Crippen MR) is 85.4 cm³/mol. The monoisotopic (exact) mass is 317 g/mol. The third-order valence-electron chi connectivity index (χ3n) is 3.48. The van der Waals surface area contributed by atoms with Gasteiger partial charge in [0.1, 0.15) is 0 Å². The molecular weight excluding hydrogens is 298 g/mol. The van der Waals surface area contributed by atoms with Crippen molar-refractivity contribution >= 4 is 15.9 Å². The molecule has 1 atom stereocenters. The van der Waals surface area contributed by atoms with Crippen molar-refractivity contribution in [3.63, 3.8) is 0 Å². The highest BCUT2D eigenvalue weighted by Crippen LogP contribution is 2.22. The Labute approximate surface area is 124 Å². The molecule has 0 saturated heterocycles. The predicted octanol–water partition coefficient (Wildman–Crippen LogP) is 4.65. The molecule has 0 aliphatic heterocycles. The van der Waals surface area contributed by atoms with Gasteiger partial charge >= 0.3 is 0 Å². The van der Waals surface area contributed by atoms with E-state index < -0.39 is 0 Å². The molecule has 2 aromatic carbocycles. The van der Waals surface area contributed by atoms with Gasteiger partial charge in [0.2, 0.25) is 0 Å². The Bertz CT molecular complexity index is 536. The van der Waals surface area contributed by atoms with E-state index in [2.05, 4.69) is 77.6 Å². The van der Waals surface area contributed by atoms with Gasteiger partial charge in [0, 0.05) is 10.5 Å². The second-order valence-corrected chi connectivity index (χ2v) is 5.73. The van der Waals surface area contributed by atoms with Crippen LogP contribution in [0.5, 0.6) is 0 Å². The van der Waals surface area contributed by atoms with Crippen molar-refractivity contribution < 1.29 is 0 Å². The molecule has 2 aromatic rings. The maximum Gasteiger partial charge on any atom is 0.0303 e. The van der Waals surface area contributed by atoms with Gasteiger partial charge in [-0.15, -0.1) is 0 Å². The molecule has 1 unspecified atom stereocenters. The Kier molecular flexibility index (Phi) is 5.17. The SMILES string of the molecule is Cc1ccccc1CCNC(C)c1ccccc1Br. The van der Waals surface area contributed by atoms with Crippen LogP contribution in [0.3, 0.4) is 0 Å². The van der Waals surface area contributed by atoms with Crippen LogP contribution in [0, 0.1) is 6.92 Å². The molecule has 0 aliphatic rings. The van der Waals surface area contributed by atoms with Crippen LogP contribution in [0.4, 0.5) is 0 Å². The van der Waals surface area contributed by atoms with E-state index in [1.807, 2.05) is 6.07 Å². The van der Waals surface area contributed by atoms with Crippen molar-refractivity contribution in [3.05, 3.63) is 69.7 Å². The van der Waals surface area contributed by atoms with Crippen molar-refractivity contribution in [1.82, 2.24) is 5.32 Å². The number of hydrogen-bond donors (Lipinski definition) is 1. The second-order valence-electron chi connectivity index (χ2n) is 4.87. The highest BCUT2D eigenvalue weighted by molar-refractivity contribution is 9.10. The number of hydrogen-bond acceptors (Lipinski definition) is 1. The largest absolute Gasteiger partial charge is 0.310 e. The summed E-state index contributed by atoms with van der Waals surface area (Å²) in [5.41, 5.74) is 4.11. The van der Waals surface area contributed by atoms with Crippen molar-refractivity contribution in [2.75, 3.05) is 6.54 Å². The van der Waals surface area contributed by atoms with Gasteiger partial charge in [-0.05, 0) is 49.6 Å². The first-order chi connectivity index (χ1) is 9.18. The lowest BCUT2D eigenvalue weighted by Crippen LogP contribution is -2.21. The van der Waals surface area contributed by atoms with Crippen LogP contribution < -0.4 is 5.32 Å². The number of nitrogens with one attached hydrogen (secondary N) is 1. The van der Waals surface area contributed by atoms with Crippen LogP contribution in [-0.2, 0) is 6.42 Å². The van der Waals surface area contributed by atoms with E-state index in [0.29, 0.717) is 6.04 Å². The average molecular weight is 318 g/mol. The normalized spacial score (nSPS) is 12.4. The quantitative estimate of drug-likeness (QED) is 0.846. The summed E-state index contributed by atoms with van der Waals surface area (Å²) < 4.78 is 1.17. The molecule has 2 rings (SSSR count). The molecule has 0 radical (unpaired) electrons. The van der Waals surface area contributed by atoms with Gasteiger partial charge in [0.25, 0.3) is 0 Å². The fourth-order valence-electron chi connectivity index (χ4n) is 2.25. The molecule has 0 amide bonds. The van der Waals surface area contributed by atoms with Gasteiger partial charge in [-0.2, -0.15) is 0 Å². The lowest BCUT2D eigenvalue weighted by atomic mass is 10.1. The topological polar surface area (TPSA) is 12.0 Å². The summed E-state index contributed by atoms with van der Waals surface area (Å²) in [5.74, 6) is 0. The number of halogens is 1. The van der Waals surface area contributed by atoms with Gasteiger partial charge < -0.3 is 5.32 Å². The second kappa shape index (κ2) is 6.88. The molecule has 1 nitrogen and oxygen atoms in total. The summed E-state index contributed by atoms with van der Waals surface area (Å²) in [6, 6.07) is 17.3. The third kappa shape index (κ3) is 3.92. The van der Waals surface area contributed by atoms with Crippen LogP contribution in [0.1, 0.15) is 29.7 Å². The molecule has 0 spiro atoms. The maximum atomic E-state index is 3.61. The van der Waals surface area contributed by atoms with Gasteiger partial charge in [0.05, 0.1) is 0 Å². The molecule has 19 heavy (non-hydrogen) atoms. The van der Waals surface area contributed by atoms with Crippen molar-refractivity contribution in [3.8, 4) is 0 Å². The lowest BCUT2D eigenvalue weighted by molar-refractivity contribution is 0.574. The first-order valence-electron chi connectivity index (χ1n) is 6.71. The van der Waals surface area contributed by atoms with Crippen molar-refractivity contribution in [2.45, 2.75) is 26.3 Å². The van der Waals surface area contributed by atoms with Crippen molar-refractivity contribution in [1.29, 1.82) is 0 Å². The molecule has 0 saturated carbocycles. The molecule has 1 N–H and O–H groups in total. The highest BCUT2D eigenvalue weighted by Gasteiger charge is 2.07. The number of benzene rings is 2. The smallest absolute Gasteiger partial charge is 0.0303 e. The number of rotatable bonds is 5. The van der Waals surface area contributed by atoms with E-state index in [4.69, 9.17) is 0 Å². The van der Waals surface area contributed by atoms with Crippen LogP contribution >= 0.6 is 15.9 Å². The lowest BCUT2D eigenvalue weighted by Gasteiger charge is -2.16. The maximum absolute atomic E-state index is 3.61. The summed E-state index contributed by atoms with van der Waals surface area (Å²) in [6.45, 7) is 5.37. The third-order valence-corrected chi connectivity index (χ3v) is 4.20. The summed E-state index contributed by atoms with van der Waals surface area (Å²) in [5, 5.41) is 3.59. The van der Waals surface area contributed by atoms with E-state index >= 15 is 0 Å². The average Bonchev–Trinajstić information content (AvgIpc) is 2.41. The Morgan fingerprint density at radius 3 is 2.47 bits per heavy atom. The Morgan fingerprint density at radius 1 is 1.05 bits per heavy atom. The van der Waals surface area contributed by atoms with Gasteiger partial charge in [-0.25, -0.2) is 0 Å². The van der Waals surface area contributed by atoms with E-state index in [9.17, 15) is 0 Å². The minimum absolute atomic E-state index is 0.361. The summed E-state index contributed by atoms with van der Waals surface area (Å²) in [7, 11) is 0. The molecule has 0 bridgehead atoms. The van der Waals surface area contributed by atoms with Crippen LogP contribution in [-0.4, -0.2) is 6.54 Å². The minimum Gasteiger partial charge on any atom is -0.310 e. The Hall–Kier alpha value is -1.12. The first-order valence-corrected chi connectivity index (χ1v) is 7.50. The number of aryl methyl sites for hydroxylation is 1. The van der Waals surface area contributed by atoms with Gasteiger partial charge in [0.15, 0.2) is 0 Å². The highest BCUT2D eigenvalue weighted by atomic mass is 79.9. The summed E-state index contributed by atoms with van der Waals surface area (Å²) >= 11 is 3.61. The minimum atomic E-state index is 0.361. The molecule has 0 fully saturated rings. The molecule has 2 heteroatoms. The van der Waals surface area contributed by atoms with Gasteiger partial charge in [-0.3, -0.25) is 0 Å². The zero-order valence-electron chi connectivity index (χ0n) is 11.5. The molecule has 0 heterocycles. The summed E-state index contributed by atoms with van der Waals surface area (Å²) in [6.07, 6.45) is 1.07. The molecular formula is C17H20BrN. The van der Waals surface area contributed by atoms with Gasteiger partial charge in [-0.1, -0.05) is 58.4 Å². The fourth-order valence-corrected chi connectivity index (χ4v) is 2.88. The molecule has 100 valence electrons. The fraction of sp³-hybridized carbons (Fsp3) is 0.294. The first kappa shape index (κ1) is 14.3.